The summed E-state index contributed by atoms with van der Waals surface area (Å²) in [5, 5.41) is 9.70. The van der Waals surface area contributed by atoms with E-state index in [9.17, 15) is 5.11 Å². The van der Waals surface area contributed by atoms with Gasteiger partial charge in [-0.05, 0) is 48.7 Å². The number of aromatic nitrogens is 1. The van der Waals surface area contributed by atoms with Crippen molar-refractivity contribution in [3.8, 4) is 11.5 Å². The Labute approximate surface area is 117 Å². The molecule has 0 atom stereocenters. The predicted molar refractivity (Wildman–Crippen MR) is 75.7 cm³/mol. The number of pyridine rings is 1. The molecular weight excluding hydrogens is 262 g/mol. The van der Waals surface area contributed by atoms with E-state index in [2.05, 4.69) is 4.98 Å². The van der Waals surface area contributed by atoms with Gasteiger partial charge in [0, 0.05) is 23.8 Å². The largest absolute Gasteiger partial charge is 0.507 e. The Balaban J connectivity index is 2.10. The minimum absolute atomic E-state index is 0.318. The van der Waals surface area contributed by atoms with E-state index in [-0.39, 0.29) is 0 Å². The summed E-state index contributed by atoms with van der Waals surface area (Å²) in [6.45, 7) is 4.14. The topological polar surface area (TPSA) is 42.4 Å². The van der Waals surface area contributed by atoms with Gasteiger partial charge in [-0.15, -0.1) is 11.6 Å². The fraction of sp³-hybridized carbons (Fsp3) is 0.267. The number of halogens is 1. The van der Waals surface area contributed by atoms with E-state index in [0.717, 1.165) is 28.0 Å². The van der Waals surface area contributed by atoms with E-state index >= 15 is 0 Å². The first-order chi connectivity index (χ1) is 9.10. The highest BCUT2D eigenvalue weighted by atomic mass is 35.5. The summed E-state index contributed by atoms with van der Waals surface area (Å²) in [5.41, 5.74) is 3.56. The van der Waals surface area contributed by atoms with Crippen molar-refractivity contribution in [2.45, 2.75) is 26.3 Å². The van der Waals surface area contributed by atoms with Crippen molar-refractivity contribution in [3.63, 3.8) is 0 Å². The molecule has 1 N–H and O–H groups in total. The highest BCUT2D eigenvalue weighted by Crippen LogP contribution is 2.27. The second kappa shape index (κ2) is 5.93. The van der Waals surface area contributed by atoms with Crippen LogP contribution in [0.15, 0.2) is 30.6 Å². The predicted octanol–water partition coefficient (Wildman–Crippen LogP) is 3.72. The molecule has 1 aromatic heterocycles. The van der Waals surface area contributed by atoms with Gasteiger partial charge in [0.2, 0.25) is 0 Å². The number of ether oxygens (including phenoxy) is 1. The lowest BCUT2D eigenvalue weighted by Gasteiger charge is -2.10. The molecule has 4 heteroatoms. The van der Waals surface area contributed by atoms with Crippen molar-refractivity contribution in [1.29, 1.82) is 0 Å². The molecule has 0 aliphatic heterocycles. The van der Waals surface area contributed by atoms with Crippen LogP contribution in [0.4, 0.5) is 0 Å². The van der Waals surface area contributed by atoms with Crippen LogP contribution in [-0.2, 0) is 12.5 Å². The van der Waals surface area contributed by atoms with Gasteiger partial charge < -0.3 is 9.84 Å². The third kappa shape index (κ3) is 3.38. The quantitative estimate of drug-likeness (QED) is 0.866. The zero-order valence-electron chi connectivity index (χ0n) is 11.0. The first-order valence-corrected chi connectivity index (χ1v) is 6.55. The molecule has 0 aliphatic carbocycles. The number of aryl methyl sites for hydroxylation is 2. The van der Waals surface area contributed by atoms with Gasteiger partial charge in [-0.25, -0.2) is 0 Å². The summed E-state index contributed by atoms with van der Waals surface area (Å²) < 4.78 is 5.71. The molecule has 0 unspecified atom stereocenters. The maximum absolute atomic E-state index is 9.70. The van der Waals surface area contributed by atoms with Crippen LogP contribution in [0.1, 0.15) is 22.3 Å². The zero-order chi connectivity index (χ0) is 13.8. The highest BCUT2D eigenvalue weighted by Gasteiger charge is 2.05. The van der Waals surface area contributed by atoms with Crippen molar-refractivity contribution in [2.75, 3.05) is 0 Å². The van der Waals surface area contributed by atoms with Crippen LogP contribution < -0.4 is 4.74 Å². The lowest BCUT2D eigenvalue weighted by molar-refractivity contribution is 0.304. The molecular formula is C15H16ClNO2. The van der Waals surface area contributed by atoms with Crippen LogP contribution in [0.2, 0.25) is 0 Å². The number of hydrogen-bond donors (Lipinski definition) is 1. The Morgan fingerprint density at radius 1 is 1.11 bits per heavy atom. The first-order valence-electron chi connectivity index (χ1n) is 6.02. The summed E-state index contributed by atoms with van der Waals surface area (Å²) in [5.74, 6) is 1.50. The summed E-state index contributed by atoms with van der Waals surface area (Å²) in [6.07, 6.45) is 3.50. The maximum atomic E-state index is 9.70. The van der Waals surface area contributed by atoms with Gasteiger partial charge in [0.15, 0.2) is 0 Å². The molecule has 0 aliphatic rings. The summed E-state index contributed by atoms with van der Waals surface area (Å²) in [4.78, 5) is 4.11. The maximum Gasteiger partial charge on any atom is 0.121 e. The highest BCUT2D eigenvalue weighted by molar-refractivity contribution is 6.17. The van der Waals surface area contributed by atoms with Crippen molar-refractivity contribution in [3.05, 3.63) is 52.8 Å². The summed E-state index contributed by atoms with van der Waals surface area (Å²) in [6, 6.07) is 5.61. The van der Waals surface area contributed by atoms with Gasteiger partial charge in [0.05, 0.1) is 0 Å². The lowest BCUT2D eigenvalue weighted by Crippen LogP contribution is -1.98. The Hall–Kier alpha value is -1.74. The van der Waals surface area contributed by atoms with Crippen molar-refractivity contribution in [1.82, 2.24) is 4.98 Å². The number of benzene rings is 1. The monoisotopic (exact) mass is 277 g/mol. The Morgan fingerprint density at radius 3 is 2.37 bits per heavy atom. The van der Waals surface area contributed by atoms with E-state index in [1.165, 1.54) is 0 Å². The smallest absolute Gasteiger partial charge is 0.121 e. The van der Waals surface area contributed by atoms with Crippen LogP contribution in [0, 0.1) is 13.8 Å². The summed E-state index contributed by atoms with van der Waals surface area (Å²) in [7, 11) is 0. The van der Waals surface area contributed by atoms with Crippen LogP contribution in [-0.4, -0.2) is 10.1 Å². The van der Waals surface area contributed by atoms with Crippen LogP contribution in [0.3, 0.4) is 0 Å². The number of nitrogens with zero attached hydrogens (tertiary/aromatic N) is 1. The standard InChI is InChI=1S/C15H16ClNO2/c1-10-3-14(4-11(2)15(10)18)19-9-13-5-12(6-16)7-17-8-13/h3-5,7-8,18H,6,9H2,1-2H3. The molecule has 1 heterocycles. The van der Waals surface area contributed by atoms with Gasteiger partial charge >= 0.3 is 0 Å². The van der Waals surface area contributed by atoms with E-state index in [1.54, 1.807) is 12.4 Å². The molecule has 0 bridgehead atoms. The lowest BCUT2D eigenvalue weighted by atomic mass is 10.1. The average molecular weight is 278 g/mol. The number of aromatic hydroxyl groups is 1. The number of alkyl halides is 1. The molecule has 0 saturated heterocycles. The van der Waals surface area contributed by atoms with Crippen molar-refractivity contribution < 1.29 is 9.84 Å². The number of phenols is 1. The van der Waals surface area contributed by atoms with Crippen LogP contribution in [0.25, 0.3) is 0 Å². The zero-order valence-corrected chi connectivity index (χ0v) is 11.7. The van der Waals surface area contributed by atoms with Crippen LogP contribution in [0.5, 0.6) is 11.5 Å². The minimum Gasteiger partial charge on any atom is -0.507 e. The number of phenolic OH excluding ortho intramolecular Hbond substituents is 1. The number of rotatable bonds is 4. The molecule has 1 aromatic carbocycles. The Morgan fingerprint density at radius 2 is 1.74 bits per heavy atom. The fourth-order valence-corrected chi connectivity index (χ4v) is 2.01. The first kappa shape index (κ1) is 13.7. The van der Waals surface area contributed by atoms with Crippen molar-refractivity contribution in [2.24, 2.45) is 0 Å². The van der Waals surface area contributed by atoms with Gasteiger partial charge in [-0.3, -0.25) is 4.98 Å². The molecule has 0 fully saturated rings. The van der Waals surface area contributed by atoms with Gasteiger partial charge in [-0.1, -0.05) is 0 Å². The van der Waals surface area contributed by atoms with Gasteiger partial charge in [-0.2, -0.15) is 0 Å². The Bertz CT molecular complexity index is 561. The van der Waals surface area contributed by atoms with E-state index in [1.807, 2.05) is 32.0 Å². The van der Waals surface area contributed by atoms with Crippen molar-refractivity contribution >= 4 is 11.6 Å². The molecule has 100 valence electrons. The average Bonchev–Trinajstić information content (AvgIpc) is 2.42. The molecule has 0 saturated carbocycles. The fourth-order valence-electron chi connectivity index (χ4n) is 1.86. The number of hydrogen-bond acceptors (Lipinski definition) is 3. The van der Waals surface area contributed by atoms with Gasteiger partial charge in [0.1, 0.15) is 18.1 Å². The molecule has 0 radical (unpaired) electrons. The minimum atomic E-state index is 0.318. The van der Waals surface area contributed by atoms with E-state index < -0.39 is 0 Å². The molecule has 2 rings (SSSR count). The normalized spacial score (nSPS) is 10.5. The molecule has 0 spiro atoms. The molecule has 19 heavy (non-hydrogen) atoms. The second-order valence-corrected chi connectivity index (χ2v) is 4.80. The molecule has 2 aromatic rings. The molecule has 0 amide bonds. The third-order valence-electron chi connectivity index (χ3n) is 2.88. The van der Waals surface area contributed by atoms with Gasteiger partial charge in [0.25, 0.3) is 0 Å². The van der Waals surface area contributed by atoms with E-state index in [0.29, 0.717) is 18.2 Å². The van der Waals surface area contributed by atoms with Crippen LogP contribution >= 0.6 is 11.6 Å². The van der Waals surface area contributed by atoms with E-state index in [4.69, 9.17) is 16.3 Å². The second-order valence-electron chi connectivity index (χ2n) is 4.53. The molecule has 3 nitrogen and oxygen atoms in total. The SMILES string of the molecule is Cc1cc(OCc2cncc(CCl)c2)cc(C)c1O. The third-order valence-corrected chi connectivity index (χ3v) is 3.18. The summed E-state index contributed by atoms with van der Waals surface area (Å²) >= 11 is 5.77. The Kier molecular flexibility index (Phi) is 4.27.